The molecule has 1 heterocycles. The fourth-order valence-corrected chi connectivity index (χ4v) is 4.26. The van der Waals surface area contributed by atoms with E-state index >= 15 is 0 Å². The molecule has 0 unspecified atom stereocenters. The number of rotatable bonds is 5. The number of hydrogen-bond acceptors (Lipinski definition) is 6. The summed E-state index contributed by atoms with van der Waals surface area (Å²) in [5.41, 5.74) is 1.35. The molecule has 0 aliphatic rings. The molecule has 0 aliphatic heterocycles. The van der Waals surface area contributed by atoms with Gasteiger partial charge in [-0.1, -0.05) is 23.2 Å². The first kappa shape index (κ1) is 19.8. The average Bonchev–Trinajstić information content (AvgIpc) is 2.91. The number of aromatic nitrogens is 3. The lowest BCUT2D eigenvalue weighted by atomic mass is 10.2. The number of nitrogens with one attached hydrogen (secondary N) is 2. The number of nitrogens with zero attached hydrogens (tertiary/aromatic N) is 3. The van der Waals surface area contributed by atoms with Crippen LogP contribution in [0.3, 0.4) is 0 Å². The summed E-state index contributed by atoms with van der Waals surface area (Å²) in [6.07, 6.45) is 0. The molecule has 142 valence electrons. The van der Waals surface area contributed by atoms with E-state index in [1.807, 2.05) is 0 Å². The van der Waals surface area contributed by atoms with Crippen LogP contribution in [0.2, 0.25) is 10.0 Å². The number of hydrogen-bond donors (Lipinski definition) is 3. The van der Waals surface area contributed by atoms with E-state index in [1.54, 1.807) is 38.2 Å². The lowest BCUT2D eigenvalue weighted by Crippen LogP contribution is -2.15. The minimum Gasteiger partial charge on any atom is -0.324 e. The standard InChI is InChI=1S/C16H15Cl2N5O2S2/c1-9-7-14(13(26)8-12(9)18)27(24,25)22-15-20-16(23(2)21-15)19-11-5-3-10(17)4-6-11/h3-8,26H,1-2H3,(H2,19,20,21,22). The topological polar surface area (TPSA) is 88.9 Å². The average molecular weight is 444 g/mol. The summed E-state index contributed by atoms with van der Waals surface area (Å²) in [5, 5.41) is 8.16. The largest absolute Gasteiger partial charge is 0.324 e. The van der Waals surface area contributed by atoms with Gasteiger partial charge < -0.3 is 5.32 Å². The molecule has 0 saturated heterocycles. The van der Waals surface area contributed by atoms with Crippen molar-refractivity contribution in [2.45, 2.75) is 16.7 Å². The smallest absolute Gasteiger partial charge is 0.265 e. The minimum absolute atomic E-state index is 0.00704. The van der Waals surface area contributed by atoms with Crippen LogP contribution in [0, 0.1) is 6.92 Å². The van der Waals surface area contributed by atoms with E-state index in [4.69, 9.17) is 23.2 Å². The van der Waals surface area contributed by atoms with Gasteiger partial charge in [-0.05, 0) is 48.9 Å². The Kier molecular flexibility index (Phi) is 5.57. The Hall–Kier alpha value is -1.94. The van der Waals surface area contributed by atoms with E-state index < -0.39 is 10.0 Å². The Morgan fingerprint density at radius 3 is 2.48 bits per heavy atom. The fraction of sp³-hybridized carbons (Fsp3) is 0.125. The summed E-state index contributed by atoms with van der Waals surface area (Å²) >= 11 is 16.1. The van der Waals surface area contributed by atoms with Gasteiger partial charge in [-0.15, -0.1) is 17.7 Å². The van der Waals surface area contributed by atoms with Crippen LogP contribution in [0.25, 0.3) is 0 Å². The van der Waals surface area contributed by atoms with Crippen LogP contribution in [-0.4, -0.2) is 23.2 Å². The molecule has 0 saturated carbocycles. The first-order valence-corrected chi connectivity index (χ1v) is 10.3. The predicted octanol–water partition coefficient (Wildman–Crippen LogP) is 4.26. The second-order valence-corrected chi connectivity index (χ2v) is 8.67. The molecule has 0 bridgehead atoms. The van der Waals surface area contributed by atoms with Crippen molar-refractivity contribution in [1.82, 2.24) is 14.8 Å². The number of thiol groups is 1. The Labute approximate surface area is 172 Å². The van der Waals surface area contributed by atoms with Crippen molar-refractivity contribution in [3.63, 3.8) is 0 Å². The minimum atomic E-state index is -3.93. The summed E-state index contributed by atoms with van der Waals surface area (Å²) in [7, 11) is -2.30. The van der Waals surface area contributed by atoms with Gasteiger partial charge in [0, 0.05) is 27.7 Å². The van der Waals surface area contributed by atoms with Gasteiger partial charge in [-0.25, -0.2) is 17.8 Å². The van der Waals surface area contributed by atoms with Gasteiger partial charge in [0.2, 0.25) is 5.95 Å². The van der Waals surface area contributed by atoms with Crippen LogP contribution in [0.5, 0.6) is 0 Å². The van der Waals surface area contributed by atoms with Gasteiger partial charge in [0.05, 0.1) is 0 Å². The molecular formula is C16H15Cl2N5O2S2. The van der Waals surface area contributed by atoms with Crippen molar-refractivity contribution in [3.05, 3.63) is 52.0 Å². The van der Waals surface area contributed by atoms with E-state index in [1.165, 1.54) is 16.8 Å². The molecule has 0 atom stereocenters. The third-order valence-electron chi connectivity index (χ3n) is 3.62. The molecule has 0 radical (unpaired) electrons. The van der Waals surface area contributed by atoms with Gasteiger partial charge in [-0.2, -0.15) is 4.98 Å². The van der Waals surface area contributed by atoms with Crippen LogP contribution in [0.4, 0.5) is 17.6 Å². The summed E-state index contributed by atoms with van der Waals surface area (Å²) < 4.78 is 29.1. The summed E-state index contributed by atoms with van der Waals surface area (Å²) in [4.78, 5) is 4.40. The van der Waals surface area contributed by atoms with Crippen LogP contribution in [0.1, 0.15) is 5.56 Å². The van der Waals surface area contributed by atoms with Gasteiger partial charge in [0.25, 0.3) is 16.0 Å². The molecule has 2 aromatic carbocycles. The van der Waals surface area contributed by atoms with E-state index in [0.29, 0.717) is 21.6 Å². The van der Waals surface area contributed by atoms with Crippen LogP contribution in [-0.2, 0) is 17.1 Å². The maximum atomic E-state index is 12.7. The Morgan fingerprint density at radius 1 is 1.15 bits per heavy atom. The second kappa shape index (κ2) is 7.59. The summed E-state index contributed by atoms with van der Waals surface area (Å²) in [6, 6.07) is 9.91. The van der Waals surface area contributed by atoms with Crippen LogP contribution in [0.15, 0.2) is 46.2 Å². The summed E-state index contributed by atoms with van der Waals surface area (Å²) in [5.74, 6) is 0.280. The molecule has 27 heavy (non-hydrogen) atoms. The summed E-state index contributed by atoms with van der Waals surface area (Å²) in [6.45, 7) is 1.71. The SMILES string of the molecule is Cc1cc(S(=O)(=O)Nc2nc(Nc3ccc(Cl)cc3)n(C)n2)c(S)cc1Cl. The number of anilines is 3. The third-order valence-corrected chi connectivity index (χ3v) is 6.17. The van der Waals surface area contributed by atoms with Crippen molar-refractivity contribution in [2.75, 3.05) is 10.0 Å². The van der Waals surface area contributed by atoms with Crippen molar-refractivity contribution in [3.8, 4) is 0 Å². The lowest BCUT2D eigenvalue weighted by Gasteiger charge is -2.09. The van der Waals surface area contributed by atoms with Crippen LogP contribution < -0.4 is 10.0 Å². The zero-order valence-electron chi connectivity index (χ0n) is 14.2. The van der Waals surface area contributed by atoms with E-state index in [9.17, 15) is 8.42 Å². The van der Waals surface area contributed by atoms with Crippen LogP contribution >= 0.6 is 35.8 Å². The first-order chi connectivity index (χ1) is 12.7. The molecule has 1 aromatic heterocycles. The highest BCUT2D eigenvalue weighted by atomic mass is 35.5. The maximum absolute atomic E-state index is 12.7. The molecule has 0 spiro atoms. The van der Waals surface area contributed by atoms with Crippen molar-refractivity contribution in [1.29, 1.82) is 0 Å². The number of halogens is 2. The molecule has 11 heteroatoms. The maximum Gasteiger partial charge on any atom is 0.265 e. The Bertz CT molecular complexity index is 1100. The lowest BCUT2D eigenvalue weighted by molar-refractivity contribution is 0.598. The molecule has 3 aromatic rings. The number of benzene rings is 2. The number of sulfonamides is 1. The zero-order chi connectivity index (χ0) is 19.8. The molecular weight excluding hydrogens is 429 g/mol. The number of aryl methyl sites for hydroxylation is 2. The van der Waals surface area contributed by atoms with E-state index in [-0.39, 0.29) is 15.7 Å². The first-order valence-electron chi connectivity index (χ1n) is 7.61. The Morgan fingerprint density at radius 2 is 1.81 bits per heavy atom. The molecule has 2 N–H and O–H groups in total. The van der Waals surface area contributed by atoms with Crippen molar-refractivity contribution < 1.29 is 8.42 Å². The molecule has 0 fully saturated rings. The zero-order valence-corrected chi connectivity index (χ0v) is 17.5. The molecule has 3 rings (SSSR count). The predicted molar refractivity (Wildman–Crippen MR) is 110 cm³/mol. The monoisotopic (exact) mass is 443 g/mol. The van der Waals surface area contributed by atoms with Gasteiger partial charge in [-0.3, -0.25) is 0 Å². The quantitative estimate of drug-likeness (QED) is 0.512. The molecule has 0 aliphatic carbocycles. The highest BCUT2D eigenvalue weighted by Gasteiger charge is 2.21. The van der Waals surface area contributed by atoms with Gasteiger partial charge in [0.1, 0.15) is 4.90 Å². The third kappa shape index (κ3) is 4.49. The molecule has 7 nitrogen and oxygen atoms in total. The van der Waals surface area contributed by atoms with Gasteiger partial charge in [0.15, 0.2) is 0 Å². The highest BCUT2D eigenvalue weighted by molar-refractivity contribution is 7.93. The second-order valence-electron chi connectivity index (χ2n) is 5.69. The van der Waals surface area contributed by atoms with E-state index in [2.05, 4.69) is 32.8 Å². The Balaban J connectivity index is 1.85. The normalized spacial score (nSPS) is 11.4. The van der Waals surface area contributed by atoms with Gasteiger partial charge >= 0.3 is 0 Å². The van der Waals surface area contributed by atoms with Crippen molar-refractivity contribution in [2.24, 2.45) is 7.05 Å². The van der Waals surface area contributed by atoms with E-state index in [0.717, 1.165) is 5.69 Å². The fourth-order valence-electron chi connectivity index (χ4n) is 2.23. The molecule has 0 amide bonds. The van der Waals surface area contributed by atoms with Crippen molar-refractivity contribution >= 4 is 63.4 Å². The highest BCUT2D eigenvalue weighted by Crippen LogP contribution is 2.28.